The number of rotatable bonds is 4. The van der Waals surface area contributed by atoms with Gasteiger partial charge in [0.2, 0.25) is 10.0 Å². The second kappa shape index (κ2) is 8.92. The topological polar surface area (TPSA) is 84.7 Å². The summed E-state index contributed by atoms with van der Waals surface area (Å²) in [4.78, 5) is 16.9. The molecule has 0 unspecified atom stereocenters. The van der Waals surface area contributed by atoms with Crippen molar-refractivity contribution < 1.29 is 13.2 Å². The molecule has 0 radical (unpaired) electrons. The van der Waals surface area contributed by atoms with Gasteiger partial charge in [0.25, 0.3) is 5.91 Å². The molecular weight excluding hydrogens is 412 g/mol. The van der Waals surface area contributed by atoms with Gasteiger partial charge in [-0.2, -0.15) is 9.57 Å². The van der Waals surface area contributed by atoms with Crippen LogP contribution in [0.25, 0.3) is 0 Å². The lowest BCUT2D eigenvalue weighted by Crippen LogP contribution is -2.47. The Morgan fingerprint density at radius 1 is 0.935 bits per heavy atom. The van der Waals surface area contributed by atoms with E-state index in [9.17, 15) is 18.5 Å². The van der Waals surface area contributed by atoms with Crippen LogP contribution in [-0.2, 0) is 21.2 Å². The Bertz CT molecular complexity index is 1130. The van der Waals surface area contributed by atoms with Crippen LogP contribution in [-0.4, -0.2) is 56.3 Å². The maximum atomic E-state index is 13.1. The fraction of sp³-hybridized carbons (Fsp3) is 0.304. The van der Waals surface area contributed by atoms with Crippen LogP contribution >= 0.6 is 0 Å². The first-order valence-corrected chi connectivity index (χ1v) is 11.8. The summed E-state index contributed by atoms with van der Waals surface area (Å²) in [5.74, 6) is -0.311. The van der Waals surface area contributed by atoms with Gasteiger partial charge < -0.3 is 9.80 Å². The third kappa shape index (κ3) is 4.33. The molecule has 7 nitrogen and oxygen atoms in total. The Morgan fingerprint density at radius 2 is 1.61 bits per heavy atom. The second-order valence-electron chi connectivity index (χ2n) is 7.60. The SMILES string of the molecule is N#C/C(=C/N1CCN(S(=O)(=O)c2ccccc2)CC1)C(=O)N1CCCc2ccccc21. The summed E-state index contributed by atoms with van der Waals surface area (Å²) < 4.78 is 27.0. The number of hydrogen-bond donors (Lipinski definition) is 0. The van der Waals surface area contributed by atoms with Crippen molar-refractivity contribution in [3.63, 3.8) is 0 Å². The number of anilines is 1. The lowest BCUT2D eigenvalue weighted by molar-refractivity contribution is -0.114. The van der Waals surface area contributed by atoms with Gasteiger partial charge in [-0.25, -0.2) is 8.42 Å². The van der Waals surface area contributed by atoms with Crippen LogP contribution in [0.2, 0.25) is 0 Å². The summed E-state index contributed by atoms with van der Waals surface area (Å²) in [5.41, 5.74) is 2.04. The van der Waals surface area contributed by atoms with Crippen molar-refractivity contribution >= 4 is 21.6 Å². The molecule has 8 heteroatoms. The van der Waals surface area contributed by atoms with Crippen molar-refractivity contribution in [1.29, 1.82) is 5.26 Å². The molecule has 0 spiro atoms. The Morgan fingerprint density at radius 3 is 2.32 bits per heavy atom. The Kier molecular flexibility index (Phi) is 6.07. The fourth-order valence-corrected chi connectivity index (χ4v) is 5.46. The molecule has 0 aliphatic carbocycles. The van der Waals surface area contributed by atoms with E-state index >= 15 is 0 Å². The number of carbonyl (C=O) groups is 1. The summed E-state index contributed by atoms with van der Waals surface area (Å²) in [6.45, 7) is 2.01. The molecular formula is C23H24N4O3S. The normalized spacial score (nSPS) is 17.7. The molecule has 1 saturated heterocycles. The zero-order valence-corrected chi connectivity index (χ0v) is 18.0. The smallest absolute Gasteiger partial charge is 0.270 e. The molecule has 2 aliphatic rings. The number of aryl methyl sites for hydroxylation is 1. The predicted octanol–water partition coefficient (Wildman–Crippen LogP) is 2.38. The van der Waals surface area contributed by atoms with E-state index in [1.165, 1.54) is 4.31 Å². The summed E-state index contributed by atoms with van der Waals surface area (Å²) in [7, 11) is -3.54. The molecule has 160 valence electrons. The highest BCUT2D eigenvalue weighted by Gasteiger charge is 2.29. The molecule has 0 bridgehead atoms. The van der Waals surface area contributed by atoms with Crippen LogP contribution in [0.5, 0.6) is 0 Å². The molecule has 2 aromatic carbocycles. The summed E-state index contributed by atoms with van der Waals surface area (Å²) in [5, 5.41) is 9.64. The van der Waals surface area contributed by atoms with Crippen molar-refractivity contribution in [2.45, 2.75) is 17.7 Å². The minimum absolute atomic E-state index is 0.0658. The highest BCUT2D eigenvalue weighted by atomic mass is 32.2. The van der Waals surface area contributed by atoms with E-state index in [0.717, 1.165) is 24.1 Å². The van der Waals surface area contributed by atoms with Crippen molar-refractivity contribution in [1.82, 2.24) is 9.21 Å². The molecule has 2 aliphatic heterocycles. The maximum Gasteiger partial charge on any atom is 0.270 e. The molecule has 31 heavy (non-hydrogen) atoms. The number of benzene rings is 2. The average Bonchev–Trinajstić information content (AvgIpc) is 2.82. The molecule has 0 saturated carbocycles. The maximum absolute atomic E-state index is 13.1. The highest BCUT2D eigenvalue weighted by molar-refractivity contribution is 7.89. The summed E-state index contributed by atoms with van der Waals surface area (Å²) >= 11 is 0. The zero-order chi connectivity index (χ0) is 21.8. The van der Waals surface area contributed by atoms with Gasteiger partial charge in [0.15, 0.2) is 0 Å². The Hall–Kier alpha value is -3.15. The standard InChI is InChI=1S/C23H24N4O3S/c24-17-20(23(28)27-12-6-8-19-7-4-5-11-22(19)27)18-25-13-15-26(16-14-25)31(29,30)21-9-2-1-3-10-21/h1-5,7,9-11,18H,6,8,12-16H2/b20-18-. The Balaban J connectivity index is 1.46. The number of carbonyl (C=O) groups excluding carboxylic acids is 1. The van der Waals surface area contributed by atoms with Crippen molar-refractivity contribution in [3.8, 4) is 6.07 Å². The highest BCUT2D eigenvalue weighted by Crippen LogP contribution is 2.28. The number of sulfonamides is 1. The number of nitriles is 1. The molecule has 0 N–H and O–H groups in total. The van der Waals surface area contributed by atoms with Gasteiger partial charge in [0.05, 0.1) is 4.90 Å². The van der Waals surface area contributed by atoms with Gasteiger partial charge >= 0.3 is 0 Å². The van der Waals surface area contributed by atoms with Crippen LogP contribution in [0, 0.1) is 11.3 Å². The van der Waals surface area contributed by atoms with E-state index in [-0.39, 0.29) is 16.4 Å². The molecule has 0 aromatic heterocycles. The van der Waals surface area contributed by atoms with Crippen molar-refractivity contribution in [2.75, 3.05) is 37.6 Å². The number of piperazine rings is 1. The van der Waals surface area contributed by atoms with Crippen LogP contribution in [0.15, 0.2) is 71.3 Å². The molecule has 0 atom stereocenters. The minimum Gasteiger partial charge on any atom is -0.373 e. The molecule has 1 amide bonds. The molecule has 4 rings (SSSR count). The molecule has 1 fully saturated rings. The second-order valence-corrected chi connectivity index (χ2v) is 9.53. The van der Waals surface area contributed by atoms with Crippen LogP contribution in [0.3, 0.4) is 0 Å². The monoisotopic (exact) mass is 436 g/mol. The van der Waals surface area contributed by atoms with Gasteiger partial charge in [-0.15, -0.1) is 0 Å². The quantitative estimate of drug-likeness (QED) is 0.543. The number of nitrogens with zero attached hydrogens (tertiary/aromatic N) is 4. The van der Waals surface area contributed by atoms with E-state index in [2.05, 4.69) is 0 Å². The fourth-order valence-electron chi connectivity index (χ4n) is 4.02. The lowest BCUT2D eigenvalue weighted by Gasteiger charge is -2.34. The van der Waals surface area contributed by atoms with Crippen molar-refractivity contribution in [3.05, 3.63) is 71.9 Å². The van der Waals surface area contributed by atoms with E-state index in [1.54, 1.807) is 41.4 Å². The van der Waals surface area contributed by atoms with Crippen LogP contribution < -0.4 is 4.90 Å². The van der Waals surface area contributed by atoms with Gasteiger partial charge in [-0.05, 0) is 36.6 Å². The first-order chi connectivity index (χ1) is 15.0. The van der Waals surface area contributed by atoms with E-state index in [1.807, 2.05) is 35.2 Å². The van der Waals surface area contributed by atoms with Gasteiger partial charge in [0.1, 0.15) is 11.6 Å². The van der Waals surface area contributed by atoms with Crippen LogP contribution in [0.4, 0.5) is 5.69 Å². The summed E-state index contributed by atoms with van der Waals surface area (Å²) in [6, 6.07) is 18.2. The number of para-hydroxylation sites is 1. The third-order valence-electron chi connectivity index (χ3n) is 5.67. The number of amides is 1. The van der Waals surface area contributed by atoms with Crippen LogP contribution in [0.1, 0.15) is 12.0 Å². The molecule has 2 heterocycles. The van der Waals surface area contributed by atoms with Gasteiger partial charge in [-0.1, -0.05) is 36.4 Å². The largest absolute Gasteiger partial charge is 0.373 e. The van der Waals surface area contributed by atoms with E-state index in [4.69, 9.17) is 0 Å². The number of hydrogen-bond acceptors (Lipinski definition) is 5. The summed E-state index contributed by atoms with van der Waals surface area (Å²) in [6.07, 6.45) is 3.35. The van der Waals surface area contributed by atoms with E-state index < -0.39 is 10.0 Å². The van der Waals surface area contributed by atoms with E-state index in [0.29, 0.717) is 32.7 Å². The number of fused-ring (bicyclic) bond motifs is 1. The average molecular weight is 437 g/mol. The van der Waals surface area contributed by atoms with Gasteiger partial charge in [0, 0.05) is 44.6 Å². The molecule has 2 aromatic rings. The van der Waals surface area contributed by atoms with Crippen molar-refractivity contribution in [2.24, 2.45) is 0 Å². The third-order valence-corrected chi connectivity index (χ3v) is 7.59. The Labute approximate surface area is 182 Å². The zero-order valence-electron chi connectivity index (χ0n) is 17.1. The first kappa shape index (κ1) is 21.1. The minimum atomic E-state index is -3.54. The van der Waals surface area contributed by atoms with Gasteiger partial charge in [-0.3, -0.25) is 4.79 Å². The first-order valence-electron chi connectivity index (χ1n) is 10.3. The lowest BCUT2D eigenvalue weighted by atomic mass is 10.0. The predicted molar refractivity (Wildman–Crippen MR) is 118 cm³/mol.